The minimum absolute atomic E-state index is 0.148. The number of halogens is 2. The largest absolute Gasteiger partial charge is 0.364 e. The van der Waals surface area contributed by atoms with Gasteiger partial charge in [-0.15, -0.1) is 0 Å². The number of anilines is 1. The molecule has 0 spiro atoms. The zero-order valence-corrected chi connectivity index (χ0v) is 14.2. The summed E-state index contributed by atoms with van der Waals surface area (Å²) in [4.78, 5) is 17.4. The van der Waals surface area contributed by atoms with E-state index in [0.29, 0.717) is 35.4 Å². The standard InChI is InChI=1S/C19H19F2N3O/c1-3-4-5-24-9-11-8-22-17-16(11)14(10-23(2)19(17)25)13-6-12(20)7-15(21)18(13)24/h6-8,10,22H,3-5,9H2,1-2H3. The highest BCUT2D eigenvalue weighted by Crippen LogP contribution is 2.42. The third-order valence-electron chi connectivity index (χ3n) is 4.87. The SMILES string of the molecule is CCCCN1Cc2c[nH]c3c(=O)n(C)cc(c23)-c2cc(F)cc(F)c21. The highest BCUT2D eigenvalue weighted by Gasteiger charge is 2.27. The fourth-order valence-corrected chi connectivity index (χ4v) is 3.68. The van der Waals surface area contributed by atoms with Crippen molar-refractivity contribution in [2.75, 3.05) is 11.4 Å². The van der Waals surface area contributed by atoms with Gasteiger partial charge in [0, 0.05) is 55.1 Å². The maximum absolute atomic E-state index is 14.7. The number of aryl methyl sites for hydroxylation is 1. The normalized spacial score (nSPS) is 13.2. The van der Waals surface area contributed by atoms with Crippen molar-refractivity contribution in [2.24, 2.45) is 7.05 Å². The van der Waals surface area contributed by atoms with Crippen molar-refractivity contribution < 1.29 is 8.78 Å². The minimum Gasteiger partial charge on any atom is -0.364 e. The van der Waals surface area contributed by atoms with Crippen LogP contribution in [-0.4, -0.2) is 16.1 Å². The lowest BCUT2D eigenvalue weighted by molar-refractivity contribution is 0.577. The van der Waals surface area contributed by atoms with Crippen molar-refractivity contribution in [3.8, 4) is 11.1 Å². The quantitative estimate of drug-likeness (QED) is 0.783. The molecule has 2 aromatic heterocycles. The number of nitrogens with zero attached hydrogens (tertiary/aromatic N) is 2. The molecule has 0 bridgehead atoms. The summed E-state index contributed by atoms with van der Waals surface area (Å²) >= 11 is 0. The molecule has 4 nitrogen and oxygen atoms in total. The third kappa shape index (κ3) is 2.35. The molecule has 4 rings (SSSR count). The molecule has 0 aliphatic carbocycles. The zero-order valence-electron chi connectivity index (χ0n) is 14.2. The van der Waals surface area contributed by atoms with E-state index in [1.807, 2.05) is 4.90 Å². The lowest BCUT2D eigenvalue weighted by Gasteiger charge is -2.25. The molecule has 1 aromatic carbocycles. The van der Waals surface area contributed by atoms with Crippen LogP contribution in [0.2, 0.25) is 0 Å². The lowest BCUT2D eigenvalue weighted by atomic mass is 10.0. The molecule has 0 radical (unpaired) electrons. The van der Waals surface area contributed by atoms with Crippen LogP contribution in [0.1, 0.15) is 25.3 Å². The molecule has 0 amide bonds. The Morgan fingerprint density at radius 1 is 1.24 bits per heavy atom. The van der Waals surface area contributed by atoms with Crippen LogP contribution in [0.5, 0.6) is 0 Å². The zero-order chi connectivity index (χ0) is 17.7. The number of hydrogen-bond acceptors (Lipinski definition) is 2. The Balaban J connectivity index is 2.09. The summed E-state index contributed by atoms with van der Waals surface area (Å²) < 4.78 is 30.2. The number of unbranched alkanes of at least 4 members (excludes halogenated alkanes) is 1. The Labute approximate surface area is 143 Å². The Kier molecular flexibility index (Phi) is 3.63. The van der Waals surface area contributed by atoms with Crippen LogP contribution in [0.3, 0.4) is 0 Å². The van der Waals surface area contributed by atoms with Crippen LogP contribution >= 0.6 is 0 Å². The molecule has 6 heteroatoms. The number of aromatic amines is 1. The first-order chi connectivity index (χ1) is 12.0. The molecule has 1 N–H and O–H groups in total. The number of fused-ring (bicyclic) bond motifs is 2. The summed E-state index contributed by atoms with van der Waals surface area (Å²) in [6.45, 7) is 3.23. The van der Waals surface area contributed by atoms with Gasteiger partial charge in [-0.2, -0.15) is 0 Å². The van der Waals surface area contributed by atoms with Gasteiger partial charge in [0.25, 0.3) is 5.56 Å². The topological polar surface area (TPSA) is 41.0 Å². The predicted octanol–water partition coefficient (Wildman–Crippen LogP) is 3.93. The van der Waals surface area contributed by atoms with Gasteiger partial charge in [-0.05, 0) is 18.1 Å². The van der Waals surface area contributed by atoms with Crippen molar-refractivity contribution >= 4 is 16.6 Å². The van der Waals surface area contributed by atoms with Crippen molar-refractivity contribution in [3.63, 3.8) is 0 Å². The molecular formula is C19H19F2N3O. The van der Waals surface area contributed by atoms with Gasteiger partial charge in [0.05, 0.1) is 5.69 Å². The van der Waals surface area contributed by atoms with Crippen LogP contribution in [0.25, 0.3) is 22.0 Å². The van der Waals surface area contributed by atoms with Crippen molar-refractivity contribution in [1.82, 2.24) is 9.55 Å². The number of H-pyrrole nitrogens is 1. The summed E-state index contributed by atoms with van der Waals surface area (Å²) in [5.41, 5.74) is 2.84. The van der Waals surface area contributed by atoms with Gasteiger partial charge in [0.2, 0.25) is 0 Å². The summed E-state index contributed by atoms with van der Waals surface area (Å²) in [5.74, 6) is -1.19. The predicted molar refractivity (Wildman–Crippen MR) is 94.8 cm³/mol. The Morgan fingerprint density at radius 3 is 2.80 bits per heavy atom. The van der Waals surface area contributed by atoms with Crippen molar-refractivity contribution in [1.29, 1.82) is 0 Å². The number of nitrogens with one attached hydrogen (secondary N) is 1. The smallest absolute Gasteiger partial charge is 0.274 e. The van der Waals surface area contributed by atoms with Crippen LogP contribution in [-0.2, 0) is 13.6 Å². The molecule has 0 saturated heterocycles. The molecular weight excluding hydrogens is 324 g/mol. The first-order valence-corrected chi connectivity index (χ1v) is 8.45. The number of pyridine rings is 1. The highest BCUT2D eigenvalue weighted by atomic mass is 19.1. The summed E-state index contributed by atoms with van der Waals surface area (Å²) in [5, 5.41) is 0.758. The summed E-state index contributed by atoms with van der Waals surface area (Å²) in [6, 6.07) is 2.29. The van der Waals surface area contributed by atoms with E-state index in [-0.39, 0.29) is 5.56 Å². The van der Waals surface area contributed by atoms with E-state index in [2.05, 4.69) is 11.9 Å². The molecule has 130 valence electrons. The van der Waals surface area contributed by atoms with Crippen LogP contribution in [0, 0.1) is 11.6 Å². The Hall–Kier alpha value is -2.63. The van der Waals surface area contributed by atoms with Crippen molar-refractivity contribution in [2.45, 2.75) is 26.3 Å². The minimum atomic E-state index is -0.618. The highest BCUT2D eigenvalue weighted by molar-refractivity contribution is 6.01. The second-order valence-electron chi connectivity index (χ2n) is 6.58. The summed E-state index contributed by atoms with van der Waals surface area (Å²) in [7, 11) is 1.65. The lowest BCUT2D eigenvalue weighted by Crippen LogP contribution is -2.24. The molecule has 1 aliphatic heterocycles. The van der Waals surface area contributed by atoms with Crippen LogP contribution in [0.4, 0.5) is 14.5 Å². The van der Waals surface area contributed by atoms with E-state index in [4.69, 9.17) is 0 Å². The Bertz CT molecular complexity index is 1040. The second kappa shape index (κ2) is 5.72. The first-order valence-electron chi connectivity index (χ1n) is 8.45. The molecule has 0 fully saturated rings. The van der Waals surface area contributed by atoms with Gasteiger partial charge in [0.1, 0.15) is 17.2 Å². The van der Waals surface area contributed by atoms with E-state index in [1.54, 1.807) is 19.4 Å². The van der Waals surface area contributed by atoms with Gasteiger partial charge in [-0.25, -0.2) is 8.78 Å². The molecule has 0 atom stereocenters. The first kappa shape index (κ1) is 15.9. The molecule has 3 heterocycles. The van der Waals surface area contributed by atoms with Gasteiger partial charge < -0.3 is 14.5 Å². The fraction of sp³-hybridized carbons (Fsp3) is 0.316. The second-order valence-corrected chi connectivity index (χ2v) is 6.58. The van der Waals surface area contributed by atoms with Gasteiger partial charge in [-0.1, -0.05) is 13.3 Å². The summed E-state index contributed by atoms with van der Waals surface area (Å²) in [6.07, 6.45) is 5.35. The molecule has 3 aromatic rings. The van der Waals surface area contributed by atoms with Crippen LogP contribution in [0.15, 0.2) is 29.3 Å². The van der Waals surface area contributed by atoms with Gasteiger partial charge in [0.15, 0.2) is 0 Å². The number of rotatable bonds is 3. The van der Waals surface area contributed by atoms with E-state index < -0.39 is 11.6 Å². The van der Waals surface area contributed by atoms with Gasteiger partial charge in [-0.3, -0.25) is 4.79 Å². The van der Waals surface area contributed by atoms with Gasteiger partial charge >= 0.3 is 0 Å². The molecule has 25 heavy (non-hydrogen) atoms. The van der Waals surface area contributed by atoms with E-state index >= 15 is 0 Å². The van der Waals surface area contributed by atoms with E-state index in [9.17, 15) is 13.6 Å². The van der Waals surface area contributed by atoms with E-state index in [1.165, 1.54) is 10.6 Å². The fourth-order valence-electron chi connectivity index (χ4n) is 3.68. The van der Waals surface area contributed by atoms with Crippen LogP contribution < -0.4 is 10.5 Å². The average molecular weight is 343 g/mol. The number of hydrogen-bond donors (Lipinski definition) is 1. The van der Waals surface area contributed by atoms with E-state index in [0.717, 1.165) is 29.9 Å². The maximum atomic E-state index is 14.7. The number of aromatic nitrogens is 2. The third-order valence-corrected chi connectivity index (χ3v) is 4.87. The molecule has 0 saturated carbocycles. The molecule has 1 aliphatic rings. The Morgan fingerprint density at radius 2 is 2.04 bits per heavy atom. The maximum Gasteiger partial charge on any atom is 0.274 e. The molecule has 0 unspecified atom stereocenters. The number of benzene rings is 1. The van der Waals surface area contributed by atoms with Crippen molar-refractivity contribution in [3.05, 3.63) is 52.1 Å². The average Bonchev–Trinajstić information content (AvgIpc) is 2.93. The monoisotopic (exact) mass is 343 g/mol.